The number of carbonyl (C=O) groups excluding carboxylic acids is 4. The lowest BCUT2D eigenvalue weighted by Gasteiger charge is -2.29. The maximum atomic E-state index is 12.0. The van der Waals surface area contributed by atoms with Crippen LogP contribution < -0.4 is 14.7 Å². The number of carbonyl (C=O) groups is 4. The van der Waals surface area contributed by atoms with Crippen molar-refractivity contribution >= 4 is 51.8 Å². The molecule has 89 heavy (non-hydrogen) atoms. The van der Waals surface area contributed by atoms with E-state index in [2.05, 4.69) is 168 Å². The van der Waals surface area contributed by atoms with Crippen molar-refractivity contribution < 1.29 is 38.1 Å². The first-order valence-corrected chi connectivity index (χ1v) is 33.5. The van der Waals surface area contributed by atoms with Crippen molar-refractivity contribution in [3.8, 4) is 0 Å². The van der Waals surface area contributed by atoms with Crippen molar-refractivity contribution in [1.82, 2.24) is 24.2 Å². The number of hydrogen-bond donors (Lipinski definition) is 0. The normalized spacial score (nSPS) is 22.2. The molecule has 0 spiro atoms. The van der Waals surface area contributed by atoms with Gasteiger partial charge in [0.15, 0.2) is 0 Å². The SMILES string of the molecule is CCOC(=O)CCN1c2ccc(C)cc2[C@@H]2CN(C)CCC[C@@H]21.CCOC(=O)CN1c2ccc(C)cc2[C@@H]2CN(C)CCC[C@@H]21.CCOC(=O)CN1c2ccc(C)cc2[C@H]2CN(C)CCC[C@@H]21.CCOC(=O)Cn1c2c(c3cc(C)ccc31)CN(C)CCC2. The van der Waals surface area contributed by atoms with Gasteiger partial charge < -0.3 is 57.8 Å². The summed E-state index contributed by atoms with van der Waals surface area (Å²) in [6.45, 7) is 28.4. The minimum Gasteiger partial charge on any atom is -0.466 e. The predicted molar refractivity (Wildman–Crippen MR) is 358 cm³/mol. The van der Waals surface area contributed by atoms with Gasteiger partial charge in [0, 0.05) is 102 Å². The maximum Gasteiger partial charge on any atom is 0.325 e. The van der Waals surface area contributed by atoms with Crippen LogP contribution in [0.25, 0.3) is 10.9 Å². The van der Waals surface area contributed by atoms with E-state index >= 15 is 0 Å². The average molecular weight is 1220 g/mol. The van der Waals surface area contributed by atoms with Crippen molar-refractivity contribution in [2.75, 3.05) is 135 Å². The van der Waals surface area contributed by atoms with Crippen LogP contribution in [0.15, 0.2) is 72.8 Å². The predicted octanol–water partition coefficient (Wildman–Crippen LogP) is 10.9. The number of fused-ring (bicyclic) bond motifs is 12. The Morgan fingerprint density at radius 3 is 1.28 bits per heavy atom. The van der Waals surface area contributed by atoms with Crippen LogP contribution in [0.5, 0.6) is 0 Å². The highest BCUT2D eigenvalue weighted by Crippen LogP contribution is 2.47. The Morgan fingerprint density at radius 1 is 0.449 bits per heavy atom. The first-order valence-electron chi connectivity index (χ1n) is 33.5. The van der Waals surface area contributed by atoms with Crippen LogP contribution in [0.4, 0.5) is 17.1 Å². The minimum absolute atomic E-state index is 0.0876. The third-order valence-corrected chi connectivity index (χ3v) is 19.4. The van der Waals surface area contributed by atoms with Gasteiger partial charge in [0.2, 0.25) is 0 Å². The van der Waals surface area contributed by atoms with E-state index in [0.29, 0.717) is 88.4 Å². The fourth-order valence-corrected chi connectivity index (χ4v) is 15.5. The number of aromatic nitrogens is 1. The van der Waals surface area contributed by atoms with E-state index in [1.807, 2.05) is 27.7 Å². The van der Waals surface area contributed by atoms with E-state index in [1.54, 1.807) is 0 Å². The molecule has 3 saturated heterocycles. The molecular weight excluding hydrogens is 1120 g/mol. The zero-order valence-corrected chi connectivity index (χ0v) is 55.9. The van der Waals surface area contributed by atoms with Crippen LogP contribution in [0.2, 0.25) is 0 Å². The number of likely N-dealkylation sites (tertiary alicyclic amines) is 3. The molecule has 8 heterocycles. The van der Waals surface area contributed by atoms with Gasteiger partial charge in [-0.2, -0.15) is 0 Å². The van der Waals surface area contributed by atoms with Gasteiger partial charge in [0.05, 0.1) is 32.8 Å². The van der Waals surface area contributed by atoms with Gasteiger partial charge in [-0.25, -0.2) is 0 Å². The van der Waals surface area contributed by atoms with Crippen molar-refractivity contribution in [3.63, 3.8) is 0 Å². The fourth-order valence-electron chi connectivity index (χ4n) is 15.5. The number of rotatable bonds is 13. The van der Waals surface area contributed by atoms with Gasteiger partial charge in [0.25, 0.3) is 0 Å². The third kappa shape index (κ3) is 16.2. The molecular formula is C73H104N8O8. The van der Waals surface area contributed by atoms with Gasteiger partial charge >= 0.3 is 23.9 Å². The summed E-state index contributed by atoms with van der Waals surface area (Å²) in [5.41, 5.74) is 17.1. The molecule has 0 radical (unpaired) electrons. The van der Waals surface area contributed by atoms with Crippen LogP contribution >= 0.6 is 0 Å². The molecule has 0 amide bonds. The third-order valence-electron chi connectivity index (χ3n) is 19.4. The lowest BCUT2D eigenvalue weighted by Crippen LogP contribution is -2.39. The number of nitrogens with zero attached hydrogens (tertiary/aromatic N) is 8. The van der Waals surface area contributed by atoms with Crippen LogP contribution in [-0.4, -0.2) is 186 Å². The highest BCUT2D eigenvalue weighted by atomic mass is 16.5. The summed E-state index contributed by atoms with van der Waals surface area (Å²) in [5, 5.41) is 1.29. The van der Waals surface area contributed by atoms with Crippen LogP contribution in [0.3, 0.4) is 0 Å². The van der Waals surface area contributed by atoms with E-state index in [9.17, 15) is 19.2 Å². The Hall–Kier alpha value is -6.46. The number of likely N-dealkylation sites (N-methyl/N-ethyl adjacent to an activating group) is 3. The zero-order valence-electron chi connectivity index (χ0n) is 55.9. The van der Waals surface area contributed by atoms with Crippen molar-refractivity contribution in [3.05, 3.63) is 123 Å². The monoisotopic (exact) mass is 1220 g/mol. The average Bonchev–Trinajstić information content (AvgIpc) is 1.75. The van der Waals surface area contributed by atoms with Gasteiger partial charge in [-0.15, -0.1) is 0 Å². The molecule has 7 aliphatic heterocycles. The van der Waals surface area contributed by atoms with Crippen molar-refractivity contribution in [1.29, 1.82) is 0 Å². The van der Waals surface area contributed by atoms with E-state index in [-0.39, 0.29) is 23.9 Å². The Morgan fingerprint density at radius 2 is 0.831 bits per heavy atom. The van der Waals surface area contributed by atoms with Crippen molar-refractivity contribution in [2.45, 2.75) is 162 Å². The molecule has 16 nitrogen and oxygen atoms in total. The molecule has 12 rings (SSSR count). The van der Waals surface area contributed by atoms with E-state index in [1.165, 1.54) is 105 Å². The molecule has 7 aliphatic rings. The summed E-state index contributed by atoms with van der Waals surface area (Å²) in [6, 6.07) is 27.9. The number of esters is 4. The smallest absolute Gasteiger partial charge is 0.325 e. The van der Waals surface area contributed by atoms with Crippen LogP contribution in [0, 0.1) is 27.7 Å². The molecule has 5 aromatic rings. The van der Waals surface area contributed by atoms with Crippen molar-refractivity contribution in [2.24, 2.45) is 0 Å². The topological polar surface area (TPSA) is 133 Å². The van der Waals surface area contributed by atoms with Gasteiger partial charge in [0.1, 0.15) is 19.6 Å². The minimum atomic E-state index is -0.152. The number of anilines is 3. The van der Waals surface area contributed by atoms with Gasteiger partial charge in [-0.1, -0.05) is 64.7 Å². The molecule has 0 saturated carbocycles. The molecule has 484 valence electrons. The molecule has 3 fully saturated rings. The molecule has 0 bridgehead atoms. The number of benzene rings is 4. The molecule has 0 N–H and O–H groups in total. The molecule has 16 heteroatoms. The Labute approximate surface area is 531 Å². The summed E-state index contributed by atoms with van der Waals surface area (Å²) in [5.74, 6) is 1.07. The molecule has 6 atom stereocenters. The Kier molecular flexibility index (Phi) is 23.3. The highest BCUT2D eigenvalue weighted by Gasteiger charge is 2.43. The first-order chi connectivity index (χ1) is 42.9. The molecule has 0 unspecified atom stereocenters. The summed E-state index contributed by atoms with van der Waals surface area (Å²) in [4.78, 5) is 64.5. The second-order valence-corrected chi connectivity index (χ2v) is 26.2. The summed E-state index contributed by atoms with van der Waals surface area (Å²) in [6.07, 6.45) is 9.69. The zero-order chi connectivity index (χ0) is 63.5. The Balaban J connectivity index is 0.000000141. The fraction of sp³-hybridized carbons (Fsp3) is 0.589. The summed E-state index contributed by atoms with van der Waals surface area (Å²) >= 11 is 0. The second-order valence-electron chi connectivity index (χ2n) is 26.2. The lowest BCUT2D eigenvalue weighted by molar-refractivity contribution is -0.144. The standard InChI is InChI=1S/C19H28N2O2.2C18H26N2O2.C18H24N2O2/c1-4-23-19(22)9-11-21-17-6-5-10-20(3)13-16(17)15-12-14(2)7-8-18(15)21;3*1-4-22-18(21)12-20-16-6-5-9-19(3)11-15(16)14-10-13(2)7-8-17(14)20/h7-8,12,16-17H,4-6,9-11,13H2,1-3H3;2*7-8,10,15-16H,4-6,9,11-12H2,1-3H3;7-8,10H,4-6,9,11-12H2,1-3H3/t16-,17-;15-,16+;15-,16-;/m010./s1. The largest absolute Gasteiger partial charge is 0.466 e. The molecule has 0 aliphatic carbocycles. The number of hydrogen-bond acceptors (Lipinski definition) is 15. The van der Waals surface area contributed by atoms with Crippen LogP contribution in [-0.2, 0) is 57.6 Å². The van der Waals surface area contributed by atoms with E-state index in [0.717, 1.165) is 83.6 Å². The number of ether oxygens (including phenoxy) is 4. The summed E-state index contributed by atoms with van der Waals surface area (Å²) < 4.78 is 22.8. The second kappa shape index (κ2) is 31.0. The maximum absolute atomic E-state index is 12.0. The first kappa shape index (κ1) is 66.9. The van der Waals surface area contributed by atoms with Crippen LogP contribution in [0.1, 0.15) is 147 Å². The molecule has 4 aromatic carbocycles. The van der Waals surface area contributed by atoms with Gasteiger partial charge in [-0.3, -0.25) is 19.2 Å². The van der Waals surface area contributed by atoms with Gasteiger partial charge in [-0.05, 0) is 214 Å². The quantitative estimate of drug-likeness (QED) is 0.0817. The highest BCUT2D eigenvalue weighted by molar-refractivity contribution is 5.88. The van der Waals surface area contributed by atoms with E-state index < -0.39 is 0 Å². The van der Waals surface area contributed by atoms with E-state index in [4.69, 9.17) is 18.9 Å². The Bertz CT molecular complexity index is 3130. The number of aryl methyl sites for hydroxylation is 4. The molecule has 1 aromatic heterocycles. The lowest BCUT2D eigenvalue weighted by atomic mass is 9.92. The summed E-state index contributed by atoms with van der Waals surface area (Å²) in [7, 11) is 8.79.